The maximum atomic E-state index is 13.5. The quantitative estimate of drug-likeness (QED) is 0.478. The summed E-state index contributed by atoms with van der Waals surface area (Å²) in [5.41, 5.74) is 2.66. The minimum atomic E-state index is -0.270. The summed E-state index contributed by atoms with van der Waals surface area (Å²) >= 11 is 0. The number of aromatic amines is 1. The van der Waals surface area contributed by atoms with E-state index in [4.69, 9.17) is 9.72 Å². The fraction of sp³-hybridized carbons (Fsp3) is 0.200. The van der Waals surface area contributed by atoms with Crippen LogP contribution in [0.2, 0.25) is 0 Å². The number of ether oxygens (including phenoxy) is 1. The Bertz CT molecular complexity index is 1150. The molecule has 0 radical (unpaired) electrons. The molecule has 2 N–H and O–H groups in total. The molecule has 1 fully saturated rings. The normalized spacial score (nSPS) is 15.5. The van der Waals surface area contributed by atoms with E-state index in [1.54, 1.807) is 6.20 Å². The van der Waals surface area contributed by atoms with E-state index in [1.165, 1.54) is 12.1 Å². The predicted molar refractivity (Wildman–Crippen MR) is 118 cm³/mol. The molecule has 156 valence electrons. The topological polar surface area (TPSA) is 62.8 Å². The number of pyridine rings is 1. The van der Waals surface area contributed by atoms with Crippen LogP contribution in [0.25, 0.3) is 11.3 Å². The third kappa shape index (κ3) is 3.94. The Kier molecular flexibility index (Phi) is 5.22. The lowest BCUT2D eigenvalue weighted by molar-refractivity contribution is 0.347. The van der Waals surface area contributed by atoms with Crippen molar-refractivity contribution in [3.63, 3.8) is 0 Å². The first-order valence-electron chi connectivity index (χ1n) is 10.4. The Hall–Kier alpha value is -3.51. The summed E-state index contributed by atoms with van der Waals surface area (Å²) in [6.07, 6.45) is 5.37. The Morgan fingerprint density at radius 1 is 0.903 bits per heavy atom. The van der Waals surface area contributed by atoms with Gasteiger partial charge in [0.1, 0.15) is 17.4 Å². The van der Waals surface area contributed by atoms with Crippen LogP contribution in [0.4, 0.5) is 4.39 Å². The first-order chi connectivity index (χ1) is 15.2. The number of piperidine rings is 1. The van der Waals surface area contributed by atoms with Gasteiger partial charge < -0.3 is 15.0 Å². The van der Waals surface area contributed by atoms with Crippen LogP contribution in [0.3, 0.4) is 0 Å². The summed E-state index contributed by atoms with van der Waals surface area (Å²) < 4.78 is 19.4. The van der Waals surface area contributed by atoms with E-state index in [2.05, 4.69) is 15.3 Å². The SMILES string of the molecule is Fc1ccc(C2(c3ncc(-c4ccnc(Oc5ccccc5)c4)[nH]3)CCNCC2)cc1. The zero-order valence-corrected chi connectivity index (χ0v) is 17.0. The molecule has 31 heavy (non-hydrogen) atoms. The number of imidazole rings is 1. The molecule has 0 spiro atoms. The van der Waals surface area contributed by atoms with Crippen molar-refractivity contribution in [2.45, 2.75) is 18.3 Å². The maximum absolute atomic E-state index is 13.5. The van der Waals surface area contributed by atoms with Gasteiger partial charge in [0.05, 0.1) is 17.3 Å². The highest BCUT2D eigenvalue weighted by Gasteiger charge is 2.38. The maximum Gasteiger partial charge on any atom is 0.219 e. The molecular formula is C25H23FN4O. The second-order valence-corrected chi connectivity index (χ2v) is 7.78. The molecule has 0 amide bonds. The van der Waals surface area contributed by atoms with Crippen molar-refractivity contribution in [3.05, 3.63) is 96.3 Å². The molecule has 3 heterocycles. The Balaban J connectivity index is 1.47. The summed E-state index contributed by atoms with van der Waals surface area (Å²) in [7, 11) is 0. The number of nitrogens with zero attached hydrogens (tertiary/aromatic N) is 2. The van der Waals surface area contributed by atoms with Crippen molar-refractivity contribution >= 4 is 0 Å². The number of hydrogen-bond acceptors (Lipinski definition) is 4. The van der Waals surface area contributed by atoms with Gasteiger partial charge in [0.15, 0.2) is 0 Å². The fourth-order valence-corrected chi connectivity index (χ4v) is 4.24. The van der Waals surface area contributed by atoms with Gasteiger partial charge in [-0.2, -0.15) is 0 Å². The van der Waals surface area contributed by atoms with Crippen LogP contribution in [0, 0.1) is 5.82 Å². The smallest absolute Gasteiger partial charge is 0.219 e. The highest BCUT2D eigenvalue weighted by molar-refractivity contribution is 5.60. The van der Waals surface area contributed by atoms with Crippen LogP contribution in [-0.4, -0.2) is 28.0 Å². The molecule has 5 rings (SSSR count). The van der Waals surface area contributed by atoms with E-state index in [0.717, 1.165) is 54.3 Å². The molecule has 2 aromatic heterocycles. The van der Waals surface area contributed by atoms with Crippen molar-refractivity contribution < 1.29 is 9.13 Å². The van der Waals surface area contributed by atoms with E-state index < -0.39 is 0 Å². The van der Waals surface area contributed by atoms with Gasteiger partial charge in [0, 0.05) is 17.8 Å². The first-order valence-corrected chi connectivity index (χ1v) is 10.4. The summed E-state index contributed by atoms with van der Waals surface area (Å²) in [5, 5.41) is 3.42. The molecule has 5 nitrogen and oxygen atoms in total. The molecular weight excluding hydrogens is 391 g/mol. The van der Waals surface area contributed by atoms with E-state index in [1.807, 2.05) is 60.8 Å². The van der Waals surface area contributed by atoms with E-state index in [9.17, 15) is 4.39 Å². The van der Waals surface area contributed by atoms with Gasteiger partial charge in [-0.3, -0.25) is 0 Å². The van der Waals surface area contributed by atoms with Crippen molar-refractivity contribution in [2.24, 2.45) is 0 Å². The van der Waals surface area contributed by atoms with Crippen LogP contribution >= 0.6 is 0 Å². The second kappa shape index (κ2) is 8.32. The van der Waals surface area contributed by atoms with E-state index >= 15 is 0 Å². The highest BCUT2D eigenvalue weighted by Crippen LogP contribution is 2.39. The minimum absolute atomic E-state index is 0.226. The summed E-state index contributed by atoms with van der Waals surface area (Å²) in [6.45, 7) is 1.77. The van der Waals surface area contributed by atoms with Crippen LogP contribution in [0.15, 0.2) is 79.1 Å². The summed E-state index contributed by atoms with van der Waals surface area (Å²) in [5.74, 6) is 1.94. The number of aromatic nitrogens is 3. The standard InChI is InChI=1S/C25H23FN4O/c26-20-8-6-19(7-9-20)25(11-14-27-15-12-25)24-29-17-22(30-24)18-10-13-28-23(16-18)31-21-4-2-1-3-5-21/h1-10,13,16-17,27H,11-12,14-15H2,(H,29,30). The second-order valence-electron chi connectivity index (χ2n) is 7.78. The zero-order chi connectivity index (χ0) is 21.1. The van der Waals surface area contributed by atoms with Gasteiger partial charge in [-0.1, -0.05) is 30.3 Å². The number of nitrogens with one attached hydrogen (secondary N) is 2. The number of rotatable bonds is 5. The minimum Gasteiger partial charge on any atom is -0.439 e. The van der Waals surface area contributed by atoms with Crippen LogP contribution in [0.1, 0.15) is 24.2 Å². The van der Waals surface area contributed by atoms with Crippen molar-refractivity contribution in [1.29, 1.82) is 0 Å². The predicted octanol–water partition coefficient (Wildman–Crippen LogP) is 5.07. The number of halogens is 1. The van der Waals surface area contributed by atoms with Gasteiger partial charge in [-0.15, -0.1) is 0 Å². The summed E-state index contributed by atoms with van der Waals surface area (Å²) in [6, 6.07) is 20.2. The molecule has 1 aliphatic heterocycles. The molecule has 0 atom stereocenters. The molecule has 1 saturated heterocycles. The molecule has 0 unspecified atom stereocenters. The number of para-hydroxylation sites is 1. The first kappa shape index (κ1) is 19.5. The Labute approximate surface area is 180 Å². The van der Waals surface area contributed by atoms with Gasteiger partial charge in [-0.05, 0) is 61.8 Å². The average molecular weight is 414 g/mol. The number of H-pyrrole nitrogens is 1. The van der Waals surface area contributed by atoms with Gasteiger partial charge >= 0.3 is 0 Å². The van der Waals surface area contributed by atoms with Crippen LogP contribution in [0.5, 0.6) is 11.6 Å². The lowest BCUT2D eigenvalue weighted by Crippen LogP contribution is -2.41. The van der Waals surface area contributed by atoms with Crippen LogP contribution < -0.4 is 10.1 Å². The van der Waals surface area contributed by atoms with Gasteiger partial charge in [0.2, 0.25) is 5.88 Å². The van der Waals surface area contributed by atoms with Gasteiger partial charge in [0.25, 0.3) is 0 Å². The van der Waals surface area contributed by atoms with Gasteiger partial charge in [-0.25, -0.2) is 14.4 Å². The van der Waals surface area contributed by atoms with E-state index in [-0.39, 0.29) is 11.2 Å². The molecule has 0 saturated carbocycles. The third-order valence-corrected chi connectivity index (χ3v) is 5.89. The molecule has 2 aromatic carbocycles. The molecule has 6 heteroatoms. The Morgan fingerprint density at radius 3 is 2.45 bits per heavy atom. The number of benzene rings is 2. The zero-order valence-electron chi connectivity index (χ0n) is 17.0. The summed E-state index contributed by atoms with van der Waals surface area (Å²) in [4.78, 5) is 12.6. The molecule has 0 aliphatic carbocycles. The van der Waals surface area contributed by atoms with Crippen molar-refractivity contribution in [1.82, 2.24) is 20.3 Å². The average Bonchev–Trinajstić information content (AvgIpc) is 3.32. The van der Waals surface area contributed by atoms with Crippen LogP contribution in [-0.2, 0) is 5.41 Å². The molecule has 1 aliphatic rings. The van der Waals surface area contributed by atoms with Crippen molar-refractivity contribution in [2.75, 3.05) is 13.1 Å². The molecule has 0 bridgehead atoms. The lowest BCUT2D eigenvalue weighted by Gasteiger charge is -2.36. The lowest BCUT2D eigenvalue weighted by atomic mass is 9.72. The third-order valence-electron chi connectivity index (χ3n) is 5.89. The fourth-order valence-electron chi connectivity index (χ4n) is 4.24. The van der Waals surface area contributed by atoms with Crippen molar-refractivity contribution in [3.8, 4) is 22.9 Å². The number of hydrogen-bond donors (Lipinski definition) is 2. The highest BCUT2D eigenvalue weighted by atomic mass is 19.1. The largest absolute Gasteiger partial charge is 0.439 e. The molecule has 4 aromatic rings. The van der Waals surface area contributed by atoms with E-state index in [0.29, 0.717) is 5.88 Å². The monoisotopic (exact) mass is 414 g/mol. The Morgan fingerprint density at radius 2 is 1.68 bits per heavy atom.